The van der Waals surface area contributed by atoms with Crippen molar-refractivity contribution in [3.63, 3.8) is 0 Å². The number of carbonyl (C=O) groups excluding carboxylic acids is 1. The minimum atomic E-state index is -0.0913. The molecule has 1 aromatic carbocycles. The maximum absolute atomic E-state index is 11.7. The van der Waals surface area contributed by atoms with Crippen molar-refractivity contribution in [1.82, 2.24) is 5.01 Å². The number of nitrogens with zero attached hydrogens (tertiary/aromatic N) is 2. The second kappa shape index (κ2) is 6.67. The van der Waals surface area contributed by atoms with E-state index in [1.54, 1.807) is 12.2 Å². The van der Waals surface area contributed by atoms with Gasteiger partial charge in [0, 0.05) is 18.7 Å². The van der Waals surface area contributed by atoms with Gasteiger partial charge in [0.2, 0.25) is 0 Å². The largest absolute Gasteiger partial charge is 0.495 e. The summed E-state index contributed by atoms with van der Waals surface area (Å²) in [4.78, 5) is 11.7. The SMILES string of the molecule is COC(=O)C1CCC(N2Cc3cc(Br)c(OC)cc3N2N)CC1. The molecule has 1 saturated carbocycles. The molecule has 0 atom stereocenters. The Hall–Kier alpha value is -1.31. The highest BCUT2D eigenvalue weighted by atomic mass is 79.9. The van der Waals surface area contributed by atoms with Gasteiger partial charge in [0.15, 0.2) is 0 Å². The fourth-order valence-corrected chi connectivity index (χ4v) is 4.10. The summed E-state index contributed by atoms with van der Waals surface area (Å²) in [6.45, 7) is 0.780. The quantitative estimate of drug-likeness (QED) is 0.638. The first-order valence-corrected chi connectivity index (χ1v) is 8.60. The first-order valence-electron chi connectivity index (χ1n) is 7.80. The highest BCUT2D eigenvalue weighted by molar-refractivity contribution is 9.10. The van der Waals surface area contributed by atoms with E-state index in [9.17, 15) is 4.79 Å². The Bertz CT molecular complexity index is 602. The summed E-state index contributed by atoms with van der Waals surface area (Å²) in [5.41, 5.74) is 2.15. The Morgan fingerprint density at radius 2 is 1.96 bits per heavy atom. The van der Waals surface area contributed by atoms with E-state index in [2.05, 4.69) is 27.0 Å². The molecule has 0 amide bonds. The third-order valence-corrected chi connectivity index (χ3v) is 5.48. The topological polar surface area (TPSA) is 68.0 Å². The number of methoxy groups -OCH3 is 2. The van der Waals surface area contributed by atoms with Gasteiger partial charge < -0.3 is 9.47 Å². The summed E-state index contributed by atoms with van der Waals surface area (Å²) >= 11 is 3.52. The number of hydrogen-bond acceptors (Lipinski definition) is 6. The van der Waals surface area contributed by atoms with Gasteiger partial charge in [-0.25, -0.2) is 11.0 Å². The van der Waals surface area contributed by atoms with Crippen LogP contribution >= 0.6 is 15.9 Å². The molecule has 1 fully saturated rings. The molecule has 6 nitrogen and oxygen atoms in total. The summed E-state index contributed by atoms with van der Waals surface area (Å²) < 4.78 is 11.1. The number of halogens is 1. The van der Waals surface area contributed by atoms with Crippen LogP contribution in [-0.2, 0) is 16.1 Å². The van der Waals surface area contributed by atoms with E-state index < -0.39 is 0 Å². The molecule has 126 valence electrons. The van der Waals surface area contributed by atoms with Crippen molar-refractivity contribution >= 4 is 27.6 Å². The van der Waals surface area contributed by atoms with Gasteiger partial charge >= 0.3 is 5.97 Å². The molecule has 1 heterocycles. The van der Waals surface area contributed by atoms with Crippen molar-refractivity contribution in [1.29, 1.82) is 0 Å². The second-order valence-corrected chi connectivity index (χ2v) is 6.94. The van der Waals surface area contributed by atoms with E-state index in [0.717, 1.165) is 48.1 Å². The van der Waals surface area contributed by atoms with E-state index >= 15 is 0 Å². The Balaban J connectivity index is 1.71. The van der Waals surface area contributed by atoms with E-state index in [0.29, 0.717) is 6.04 Å². The summed E-state index contributed by atoms with van der Waals surface area (Å²) in [5, 5.41) is 3.91. The Morgan fingerprint density at radius 1 is 1.26 bits per heavy atom. The zero-order valence-electron chi connectivity index (χ0n) is 13.4. The molecule has 1 aliphatic carbocycles. The minimum absolute atomic E-state index is 0.0293. The summed E-state index contributed by atoms with van der Waals surface area (Å²) in [5.74, 6) is 7.02. The van der Waals surface area contributed by atoms with Crippen molar-refractivity contribution in [3.8, 4) is 5.75 Å². The maximum atomic E-state index is 11.7. The molecule has 23 heavy (non-hydrogen) atoms. The smallest absolute Gasteiger partial charge is 0.308 e. The third kappa shape index (κ3) is 3.05. The van der Waals surface area contributed by atoms with Crippen molar-refractivity contribution in [2.75, 3.05) is 19.3 Å². The Labute approximate surface area is 144 Å². The average molecular weight is 384 g/mol. The van der Waals surface area contributed by atoms with Gasteiger partial charge in [0.05, 0.1) is 30.3 Å². The normalized spacial score (nSPS) is 24.4. The zero-order chi connectivity index (χ0) is 16.6. The standard InChI is InChI=1S/C16H22BrN3O3/c1-22-15-8-14-11(7-13(15)17)9-19(20(14)18)12-5-3-10(4-6-12)16(21)23-2/h7-8,10,12H,3-6,9,18H2,1-2H3. The molecule has 0 aromatic heterocycles. The van der Waals surface area contributed by atoms with Crippen LogP contribution in [0.5, 0.6) is 5.75 Å². The number of hydrazine groups is 2. The van der Waals surface area contributed by atoms with E-state index in [-0.39, 0.29) is 11.9 Å². The molecule has 0 radical (unpaired) electrons. The average Bonchev–Trinajstić information content (AvgIpc) is 2.89. The van der Waals surface area contributed by atoms with Crippen LogP contribution < -0.4 is 15.7 Å². The molecular formula is C16H22BrN3O3. The lowest BCUT2D eigenvalue weighted by Crippen LogP contribution is -2.50. The summed E-state index contributed by atoms with van der Waals surface area (Å²) in [7, 11) is 3.10. The number of carbonyl (C=O) groups is 1. The second-order valence-electron chi connectivity index (χ2n) is 6.09. The Morgan fingerprint density at radius 3 is 2.57 bits per heavy atom. The van der Waals surface area contributed by atoms with Crippen molar-refractivity contribution in [3.05, 3.63) is 22.2 Å². The predicted octanol–water partition coefficient (Wildman–Crippen LogP) is 2.60. The van der Waals surface area contributed by atoms with Crippen LogP contribution in [-0.4, -0.2) is 31.2 Å². The van der Waals surface area contributed by atoms with Crippen LogP contribution in [0.1, 0.15) is 31.2 Å². The number of rotatable bonds is 3. The molecular weight excluding hydrogens is 362 g/mol. The molecule has 0 bridgehead atoms. The molecule has 1 aromatic rings. The molecule has 2 aliphatic rings. The van der Waals surface area contributed by atoms with Crippen LogP contribution in [0.2, 0.25) is 0 Å². The lowest BCUT2D eigenvalue weighted by molar-refractivity contribution is -0.146. The first-order chi connectivity index (χ1) is 11.0. The lowest BCUT2D eigenvalue weighted by atomic mass is 9.86. The van der Waals surface area contributed by atoms with Crippen LogP contribution in [0.25, 0.3) is 0 Å². The highest BCUT2D eigenvalue weighted by Crippen LogP contribution is 2.40. The van der Waals surface area contributed by atoms with E-state index in [1.807, 2.05) is 6.07 Å². The van der Waals surface area contributed by atoms with E-state index in [4.69, 9.17) is 15.3 Å². The molecule has 2 N–H and O–H groups in total. The predicted molar refractivity (Wildman–Crippen MR) is 90.7 cm³/mol. The number of esters is 1. The molecule has 1 aliphatic heterocycles. The Kier molecular flexibility index (Phi) is 4.79. The van der Waals surface area contributed by atoms with Crippen molar-refractivity contribution < 1.29 is 14.3 Å². The number of benzene rings is 1. The summed E-state index contributed by atoms with van der Waals surface area (Å²) in [6.07, 6.45) is 3.59. The number of nitrogens with two attached hydrogens (primary N) is 1. The van der Waals surface area contributed by atoms with Gasteiger partial charge in [-0.05, 0) is 53.2 Å². The lowest BCUT2D eigenvalue weighted by Gasteiger charge is -2.37. The minimum Gasteiger partial charge on any atom is -0.495 e. The van der Waals surface area contributed by atoms with E-state index in [1.165, 1.54) is 12.7 Å². The van der Waals surface area contributed by atoms with Crippen LogP contribution in [0.15, 0.2) is 16.6 Å². The van der Waals surface area contributed by atoms with Gasteiger partial charge in [-0.2, -0.15) is 5.01 Å². The number of fused-ring (bicyclic) bond motifs is 1. The fourth-order valence-electron chi connectivity index (χ4n) is 3.55. The third-order valence-electron chi connectivity index (χ3n) is 4.86. The number of anilines is 1. The fraction of sp³-hybridized carbons (Fsp3) is 0.562. The zero-order valence-corrected chi connectivity index (χ0v) is 15.0. The maximum Gasteiger partial charge on any atom is 0.308 e. The highest BCUT2D eigenvalue weighted by Gasteiger charge is 2.36. The van der Waals surface area contributed by atoms with Gasteiger partial charge in [-0.15, -0.1) is 0 Å². The monoisotopic (exact) mass is 383 g/mol. The van der Waals surface area contributed by atoms with Crippen LogP contribution in [0.3, 0.4) is 0 Å². The van der Waals surface area contributed by atoms with Crippen LogP contribution in [0.4, 0.5) is 5.69 Å². The number of ether oxygens (including phenoxy) is 2. The van der Waals surface area contributed by atoms with Crippen molar-refractivity contribution in [2.24, 2.45) is 11.8 Å². The first kappa shape index (κ1) is 16.5. The number of hydrogen-bond donors (Lipinski definition) is 1. The summed E-state index contributed by atoms with van der Waals surface area (Å²) in [6, 6.07) is 4.37. The van der Waals surface area contributed by atoms with Gasteiger partial charge in [-0.1, -0.05) is 0 Å². The molecule has 0 spiro atoms. The molecule has 7 heteroatoms. The molecule has 0 saturated heterocycles. The van der Waals surface area contributed by atoms with Gasteiger partial charge in [0.25, 0.3) is 0 Å². The molecule has 3 rings (SSSR count). The van der Waals surface area contributed by atoms with Gasteiger partial charge in [0.1, 0.15) is 5.75 Å². The molecule has 0 unspecified atom stereocenters. The van der Waals surface area contributed by atoms with Crippen LogP contribution in [0, 0.1) is 5.92 Å². The van der Waals surface area contributed by atoms with Gasteiger partial charge in [-0.3, -0.25) is 4.79 Å². The van der Waals surface area contributed by atoms with Crippen molar-refractivity contribution in [2.45, 2.75) is 38.3 Å².